The van der Waals surface area contributed by atoms with Gasteiger partial charge in [0.2, 0.25) is 0 Å². The average molecular weight is 221 g/mol. The highest BCUT2D eigenvalue weighted by atomic mass is 16.3. The molecule has 1 fully saturated rings. The maximum Gasteiger partial charge on any atom is 0.161 e. The fourth-order valence-corrected chi connectivity index (χ4v) is 2.01. The normalized spacial score (nSPS) is 24.8. The maximum atomic E-state index is 11.4. The molecule has 1 aromatic rings. The molecule has 0 amide bonds. The van der Waals surface area contributed by atoms with E-state index in [-0.39, 0.29) is 5.78 Å². The zero-order chi connectivity index (χ0) is 11.7. The van der Waals surface area contributed by atoms with Crippen molar-refractivity contribution in [2.45, 2.75) is 19.1 Å². The number of anilines is 1. The lowest BCUT2D eigenvalue weighted by molar-refractivity contribution is 0.0572. The van der Waals surface area contributed by atoms with Crippen LogP contribution in [0.2, 0.25) is 0 Å². The van der Waals surface area contributed by atoms with Crippen LogP contribution in [-0.2, 0) is 0 Å². The van der Waals surface area contributed by atoms with E-state index in [4.69, 9.17) is 0 Å². The zero-order valence-electron chi connectivity index (χ0n) is 9.13. The number of para-hydroxylation sites is 1. The molecule has 0 aliphatic carbocycles. The van der Waals surface area contributed by atoms with Crippen molar-refractivity contribution in [3.05, 3.63) is 29.8 Å². The van der Waals surface area contributed by atoms with Gasteiger partial charge in [0.1, 0.15) is 0 Å². The van der Waals surface area contributed by atoms with E-state index in [1.165, 1.54) is 6.92 Å². The molecule has 2 rings (SSSR count). The van der Waals surface area contributed by atoms with Crippen molar-refractivity contribution < 1.29 is 15.0 Å². The van der Waals surface area contributed by atoms with E-state index >= 15 is 0 Å². The third kappa shape index (κ3) is 1.94. The number of hydrogen-bond donors (Lipinski definition) is 2. The molecule has 0 radical (unpaired) electrons. The van der Waals surface area contributed by atoms with Crippen molar-refractivity contribution >= 4 is 11.5 Å². The molecule has 1 aliphatic heterocycles. The average Bonchev–Trinajstić information content (AvgIpc) is 2.59. The second-order valence-electron chi connectivity index (χ2n) is 4.11. The standard InChI is InChI=1S/C12H15NO3/c1-8(14)9-4-2-3-5-10(9)13-6-11(15)12(16)7-13/h2-5,11-12,15-16H,6-7H2,1H3. The molecule has 4 heteroatoms. The lowest BCUT2D eigenvalue weighted by Gasteiger charge is -2.20. The van der Waals surface area contributed by atoms with Gasteiger partial charge >= 0.3 is 0 Å². The lowest BCUT2D eigenvalue weighted by Crippen LogP contribution is -2.23. The number of carbonyl (C=O) groups is 1. The minimum atomic E-state index is -0.736. The van der Waals surface area contributed by atoms with Crippen LogP contribution < -0.4 is 4.90 Å². The number of carbonyl (C=O) groups excluding carboxylic acids is 1. The van der Waals surface area contributed by atoms with Gasteiger partial charge in [-0.25, -0.2) is 0 Å². The quantitative estimate of drug-likeness (QED) is 0.711. The Morgan fingerprint density at radius 2 is 1.81 bits per heavy atom. The monoisotopic (exact) mass is 221 g/mol. The minimum Gasteiger partial charge on any atom is -0.389 e. The van der Waals surface area contributed by atoms with Gasteiger partial charge in [-0.1, -0.05) is 12.1 Å². The number of rotatable bonds is 2. The first-order chi connectivity index (χ1) is 7.59. The number of Topliss-reactive ketones (excluding diaryl/α,β-unsaturated/α-hetero) is 1. The van der Waals surface area contributed by atoms with E-state index in [2.05, 4.69) is 0 Å². The second kappa shape index (κ2) is 4.23. The summed E-state index contributed by atoms with van der Waals surface area (Å²) >= 11 is 0. The van der Waals surface area contributed by atoms with Crippen LogP contribution in [0.3, 0.4) is 0 Å². The number of β-amino-alcohol motifs (C(OH)–C–C–N with tert-alkyl or cyclic N) is 2. The summed E-state index contributed by atoms with van der Waals surface area (Å²) in [6, 6.07) is 7.25. The third-order valence-electron chi connectivity index (χ3n) is 2.88. The van der Waals surface area contributed by atoms with Crippen LogP contribution in [0.5, 0.6) is 0 Å². The summed E-state index contributed by atoms with van der Waals surface area (Å²) < 4.78 is 0. The Kier molecular flexibility index (Phi) is 2.94. The Balaban J connectivity index is 2.31. The van der Waals surface area contributed by atoms with Crippen LogP contribution in [0.25, 0.3) is 0 Å². The molecule has 2 unspecified atom stereocenters. The van der Waals surface area contributed by atoms with Gasteiger partial charge in [0, 0.05) is 24.3 Å². The van der Waals surface area contributed by atoms with Crippen molar-refractivity contribution in [1.82, 2.24) is 0 Å². The van der Waals surface area contributed by atoms with Gasteiger partial charge in [0.05, 0.1) is 12.2 Å². The highest BCUT2D eigenvalue weighted by Gasteiger charge is 2.30. The Hall–Kier alpha value is -1.39. The van der Waals surface area contributed by atoms with Gasteiger partial charge in [0.15, 0.2) is 5.78 Å². The molecule has 0 bridgehead atoms. The Bertz CT molecular complexity index is 395. The molecular weight excluding hydrogens is 206 g/mol. The highest BCUT2D eigenvalue weighted by Crippen LogP contribution is 2.25. The van der Waals surface area contributed by atoms with E-state index < -0.39 is 12.2 Å². The molecule has 16 heavy (non-hydrogen) atoms. The Labute approximate surface area is 94.1 Å². The molecule has 2 atom stereocenters. The van der Waals surface area contributed by atoms with Crippen molar-refractivity contribution in [3.8, 4) is 0 Å². The molecular formula is C12H15NO3. The topological polar surface area (TPSA) is 60.8 Å². The Morgan fingerprint density at radius 3 is 2.38 bits per heavy atom. The molecule has 0 spiro atoms. The van der Waals surface area contributed by atoms with E-state index in [0.29, 0.717) is 18.7 Å². The van der Waals surface area contributed by atoms with Crippen LogP contribution >= 0.6 is 0 Å². The van der Waals surface area contributed by atoms with Crippen molar-refractivity contribution in [2.24, 2.45) is 0 Å². The summed E-state index contributed by atoms with van der Waals surface area (Å²) in [5, 5.41) is 19.0. The van der Waals surface area contributed by atoms with E-state index in [1.54, 1.807) is 6.07 Å². The second-order valence-corrected chi connectivity index (χ2v) is 4.11. The number of aliphatic hydroxyl groups is 2. The Morgan fingerprint density at radius 1 is 1.25 bits per heavy atom. The first kappa shape index (κ1) is 11.1. The van der Waals surface area contributed by atoms with Gasteiger partial charge in [-0.3, -0.25) is 4.79 Å². The first-order valence-corrected chi connectivity index (χ1v) is 5.30. The fraction of sp³-hybridized carbons (Fsp3) is 0.417. The third-order valence-corrected chi connectivity index (χ3v) is 2.88. The molecule has 2 N–H and O–H groups in total. The molecule has 0 saturated carbocycles. The van der Waals surface area contributed by atoms with Gasteiger partial charge in [0.25, 0.3) is 0 Å². The van der Waals surface area contributed by atoms with Crippen LogP contribution in [0.4, 0.5) is 5.69 Å². The maximum absolute atomic E-state index is 11.4. The van der Waals surface area contributed by atoms with Crippen LogP contribution in [-0.4, -0.2) is 41.3 Å². The number of aliphatic hydroxyl groups excluding tert-OH is 2. The lowest BCUT2D eigenvalue weighted by atomic mass is 10.1. The summed E-state index contributed by atoms with van der Waals surface area (Å²) in [6.45, 7) is 2.25. The summed E-state index contributed by atoms with van der Waals surface area (Å²) in [4.78, 5) is 13.3. The number of ketones is 1. The van der Waals surface area contributed by atoms with Gasteiger partial charge in [-0.2, -0.15) is 0 Å². The highest BCUT2D eigenvalue weighted by molar-refractivity contribution is 5.99. The largest absolute Gasteiger partial charge is 0.389 e. The molecule has 86 valence electrons. The van der Waals surface area contributed by atoms with E-state index in [1.807, 2.05) is 23.1 Å². The van der Waals surface area contributed by atoms with Crippen LogP contribution in [0.15, 0.2) is 24.3 Å². The van der Waals surface area contributed by atoms with Crippen LogP contribution in [0.1, 0.15) is 17.3 Å². The van der Waals surface area contributed by atoms with Crippen molar-refractivity contribution in [1.29, 1.82) is 0 Å². The summed E-state index contributed by atoms with van der Waals surface area (Å²) in [5.74, 6) is -0.00789. The van der Waals surface area contributed by atoms with Crippen molar-refractivity contribution in [3.63, 3.8) is 0 Å². The van der Waals surface area contributed by atoms with Crippen molar-refractivity contribution in [2.75, 3.05) is 18.0 Å². The van der Waals surface area contributed by atoms with E-state index in [0.717, 1.165) is 5.69 Å². The molecule has 1 aliphatic rings. The fourth-order valence-electron chi connectivity index (χ4n) is 2.01. The summed E-state index contributed by atoms with van der Waals surface area (Å²) in [7, 11) is 0. The molecule has 0 aromatic heterocycles. The number of nitrogens with zero attached hydrogens (tertiary/aromatic N) is 1. The SMILES string of the molecule is CC(=O)c1ccccc1N1CC(O)C(O)C1. The van der Waals surface area contributed by atoms with Crippen LogP contribution in [0, 0.1) is 0 Å². The summed E-state index contributed by atoms with van der Waals surface area (Å²) in [5.41, 5.74) is 1.41. The zero-order valence-corrected chi connectivity index (χ0v) is 9.13. The molecule has 1 aromatic carbocycles. The molecule has 4 nitrogen and oxygen atoms in total. The number of benzene rings is 1. The first-order valence-electron chi connectivity index (χ1n) is 5.30. The predicted octanol–water partition coefficient (Wildman–Crippen LogP) is 0.431. The van der Waals surface area contributed by atoms with E-state index in [9.17, 15) is 15.0 Å². The predicted molar refractivity (Wildman–Crippen MR) is 60.7 cm³/mol. The number of hydrogen-bond acceptors (Lipinski definition) is 4. The minimum absolute atomic E-state index is 0.00789. The van der Waals surface area contributed by atoms with Gasteiger partial charge in [-0.05, 0) is 19.1 Å². The smallest absolute Gasteiger partial charge is 0.161 e. The molecule has 1 saturated heterocycles. The molecule has 1 heterocycles. The van der Waals surface area contributed by atoms with Gasteiger partial charge < -0.3 is 15.1 Å². The summed E-state index contributed by atoms with van der Waals surface area (Å²) in [6.07, 6.45) is -1.47. The van der Waals surface area contributed by atoms with Gasteiger partial charge in [-0.15, -0.1) is 0 Å².